The van der Waals surface area contributed by atoms with E-state index >= 15 is 0 Å². The first-order chi connectivity index (χ1) is 12.1. The molecule has 1 aliphatic heterocycles. The van der Waals surface area contributed by atoms with Gasteiger partial charge in [0.05, 0.1) is 0 Å². The summed E-state index contributed by atoms with van der Waals surface area (Å²) >= 11 is 2.74. The number of fused-ring (bicyclic) bond motifs is 7. The Labute approximate surface area is 162 Å². The third kappa shape index (κ3) is 2.58. The quantitative estimate of drug-likeness (QED) is 0.242. The van der Waals surface area contributed by atoms with E-state index in [1.54, 1.807) is 0 Å². The van der Waals surface area contributed by atoms with Crippen LogP contribution in [0, 0.1) is 0 Å². The lowest BCUT2D eigenvalue weighted by Crippen LogP contribution is -1.95. The monoisotopic (exact) mass is 454 g/mol. The van der Waals surface area contributed by atoms with Gasteiger partial charge in [0.1, 0.15) is 0 Å². The van der Waals surface area contributed by atoms with Crippen LogP contribution in [0.2, 0.25) is 0 Å². The second-order valence-electron chi connectivity index (χ2n) is 7.08. The molecule has 1 heterocycles. The Morgan fingerprint density at radius 3 is 1.56 bits per heavy atom. The Hall–Kier alpha value is -1.52. The molecule has 0 aliphatic carbocycles. The number of benzene rings is 4. The Morgan fingerprint density at radius 1 is 0.640 bits per heavy atom. The van der Waals surface area contributed by atoms with Gasteiger partial charge >= 0.3 is 0 Å². The molecule has 0 spiro atoms. The number of halogens is 1. The van der Waals surface area contributed by atoms with E-state index in [4.69, 9.17) is 0 Å². The Morgan fingerprint density at radius 2 is 1.08 bits per heavy atom. The van der Waals surface area contributed by atoms with E-state index in [0.717, 1.165) is 0 Å². The van der Waals surface area contributed by atoms with Crippen LogP contribution in [0.25, 0.3) is 32.7 Å². The Bertz CT molecular complexity index is 1040. The molecular weight excluding hydrogens is 435 g/mol. The van der Waals surface area contributed by atoms with Crippen LogP contribution in [0.3, 0.4) is 0 Å². The van der Waals surface area contributed by atoms with E-state index < -0.39 is 7.20 Å². The molecule has 0 bridgehead atoms. The van der Waals surface area contributed by atoms with E-state index in [1.807, 2.05) is 0 Å². The topological polar surface area (TPSA) is 0 Å². The molecule has 0 nitrogen and oxygen atoms in total. The zero-order chi connectivity index (χ0) is 17.0. The number of rotatable bonds is 0. The van der Waals surface area contributed by atoms with E-state index in [0.29, 0.717) is 0 Å². The minimum absolute atomic E-state index is 0.713. The second-order valence-corrected chi connectivity index (χ2v) is 16.3. The fourth-order valence-corrected chi connectivity index (χ4v) is 8.06. The largest absolute Gasteiger partial charge is 0.182 e. The van der Waals surface area contributed by atoms with Gasteiger partial charge in [-0.2, -0.15) is 7.20 Å². The zero-order valence-corrected chi connectivity index (χ0v) is 17.1. The van der Waals surface area contributed by atoms with Gasteiger partial charge < -0.3 is 0 Å². The first kappa shape index (κ1) is 15.7. The Balaban J connectivity index is 2.00. The molecule has 4 aromatic carbocycles. The van der Waals surface area contributed by atoms with E-state index in [1.165, 1.54) is 55.3 Å². The fourth-order valence-electron chi connectivity index (χ4n) is 4.16. The van der Waals surface area contributed by atoms with Crippen molar-refractivity contribution in [2.75, 3.05) is 6.26 Å². The molecule has 1 aliphatic rings. The van der Waals surface area contributed by atoms with Gasteiger partial charge in [0.2, 0.25) is 0 Å². The molecule has 0 aromatic heterocycles. The van der Waals surface area contributed by atoms with Crippen LogP contribution in [0.5, 0.6) is 0 Å². The van der Waals surface area contributed by atoms with Gasteiger partial charge in [-0.15, -0.1) is 0 Å². The molecule has 0 atom stereocenters. The van der Waals surface area contributed by atoms with Crippen LogP contribution >= 0.6 is 28.4 Å². The molecule has 0 saturated carbocycles. The summed E-state index contributed by atoms with van der Waals surface area (Å²) in [6.07, 6.45) is 2.47. The zero-order valence-electron chi connectivity index (χ0n) is 14.1. The number of hydrogen-bond donors (Lipinski definition) is 0. The van der Waals surface area contributed by atoms with Gasteiger partial charge in [0, 0.05) is 11.5 Å². The fraction of sp³-hybridized carbons (Fsp3) is 0.130. The highest BCUT2D eigenvalue weighted by Crippen LogP contribution is 2.62. The highest BCUT2D eigenvalue weighted by atomic mass is 127. The van der Waals surface area contributed by atoms with Crippen LogP contribution in [0.15, 0.2) is 72.8 Å². The van der Waals surface area contributed by atoms with E-state index in [9.17, 15) is 0 Å². The van der Waals surface area contributed by atoms with E-state index in [-0.39, 0.29) is 0 Å². The molecule has 0 amide bonds. The molecule has 0 N–H and O–H groups in total. The summed E-state index contributed by atoms with van der Waals surface area (Å²) in [7, 11) is -0.713. The molecule has 4 aromatic rings. The third-order valence-electron chi connectivity index (χ3n) is 5.19. The molecule has 2 heteroatoms. The van der Waals surface area contributed by atoms with Crippen molar-refractivity contribution in [2.24, 2.45) is 0 Å². The smallest absolute Gasteiger partial charge is 0.0115 e. The Kier molecular flexibility index (Phi) is 3.61. The lowest BCUT2D eigenvalue weighted by Gasteiger charge is -2.27. The van der Waals surface area contributed by atoms with Crippen LogP contribution in [0.4, 0.5) is 0 Å². The van der Waals surface area contributed by atoms with Crippen LogP contribution in [0.1, 0.15) is 11.1 Å². The third-order valence-corrected chi connectivity index (χ3v) is 8.89. The van der Waals surface area contributed by atoms with Crippen molar-refractivity contribution in [3.05, 3.63) is 83.9 Å². The molecule has 0 radical (unpaired) electrons. The maximum absolute atomic E-state index is 2.74. The summed E-state index contributed by atoms with van der Waals surface area (Å²) in [6.45, 7) is 0. The first-order valence-corrected chi connectivity index (χ1v) is 13.5. The van der Waals surface area contributed by atoms with E-state index in [2.05, 4.69) is 100 Å². The van der Waals surface area contributed by atoms with Crippen LogP contribution in [-0.2, 0) is 11.5 Å². The van der Waals surface area contributed by atoms with Gasteiger partial charge in [-0.1, -0.05) is 72.8 Å². The summed E-state index contributed by atoms with van der Waals surface area (Å²) in [5.74, 6) is 2.38. The standard InChI is InChI=1S/C23H19IS/c1-25(24)14-18-12-10-16-6-2-4-8-20(16)22(18)23-19(15-25)13-11-17-7-3-5-9-21(17)23/h2-13H,14-15H2,1H3. The van der Waals surface area contributed by atoms with Gasteiger partial charge in [-0.3, -0.25) is 0 Å². The van der Waals surface area contributed by atoms with Gasteiger partial charge in [0.25, 0.3) is 0 Å². The average Bonchev–Trinajstić information content (AvgIpc) is 2.73. The molecule has 124 valence electrons. The van der Waals surface area contributed by atoms with Crippen molar-refractivity contribution in [2.45, 2.75) is 11.5 Å². The molecule has 5 rings (SSSR count). The molecule has 0 saturated heterocycles. The highest BCUT2D eigenvalue weighted by molar-refractivity contribution is 14.2. The second kappa shape index (κ2) is 5.75. The van der Waals surface area contributed by atoms with Crippen LogP contribution in [-0.4, -0.2) is 6.26 Å². The van der Waals surface area contributed by atoms with Crippen molar-refractivity contribution >= 4 is 49.9 Å². The minimum atomic E-state index is -0.713. The van der Waals surface area contributed by atoms with Gasteiger partial charge in [-0.25, -0.2) is 0 Å². The van der Waals surface area contributed by atoms with Crippen molar-refractivity contribution in [3.8, 4) is 11.1 Å². The van der Waals surface area contributed by atoms with Crippen molar-refractivity contribution in [1.29, 1.82) is 0 Å². The molecule has 0 unspecified atom stereocenters. The summed E-state index contributed by atoms with van der Waals surface area (Å²) < 4.78 is 0. The number of hydrogen-bond acceptors (Lipinski definition) is 0. The summed E-state index contributed by atoms with van der Waals surface area (Å²) in [5, 5.41) is 5.47. The average molecular weight is 454 g/mol. The molecule has 0 fully saturated rings. The normalized spacial score (nSPS) is 16.9. The summed E-state index contributed by atoms with van der Waals surface area (Å²) in [6, 6.07) is 27.1. The van der Waals surface area contributed by atoms with Crippen molar-refractivity contribution in [3.63, 3.8) is 0 Å². The maximum atomic E-state index is 2.74. The minimum Gasteiger partial charge on any atom is -0.182 e. The SMILES string of the molecule is CS1(I)Cc2ccc3ccccc3c2-c2c(ccc3ccccc23)C1. The van der Waals surface area contributed by atoms with Gasteiger partial charge in [-0.05, 0) is 71.3 Å². The van der Waals surface area contributed by atoms with Crippen LogP contribution < -0.4 is 0 Å². The lowest BCUT2D eigenvalue weighted by molar-refractivity contribution is 1.42. The maximum Gasteiger partial charge on any atom is 0.0115 e. The molecular formula is C23H19IS. The predicted octanol–water partition coefficient (Wildman–Crippen LogP) is 7.46. The lowest BCUT2D eigenvalue weighted by atomic mass is 9.88. The van der Waals surface area contributed by atoms with Crippen molar-refractivity contribution < 1.29 is 0 Å². The first-order valence-electron chi connectivity index (χ1n) is 8.57. The summed E-state index contributed by atoms with van der Waals surface area (Å²) in [4.78, 5) is 0. The predicted molar refractivity (Wildman–Crippen MR) is 122 cm³/mol. The molecule has 25 heavy (non-hydrogen) atoms. The highest BCUT2D eigenvalue weighted by Gasteiger charge is 2.27. The van der Waals surface area contributed by atoms with Crippen molar-refractivity contribution in [1.82, 2.24) is 0 Å². The van der Waals surface area contributed by atoms with Gasteiger partial charge in [0.15, 0.2) is 0 Å². The summed E-state index contributed by atoms with van der Waals surface area (Å²) in [5.41, 5.74) is 5.97.